The molecule has 0 aromatic carbocycles. The van der Waals surface area contributed by atoms with Gasteiger partial charge in [-0.05, 0) is 25.8 Å². The van der Waals surface area contributed by atoms with Gasteiger partial charge >= 0.3 is 0 Å². The Morgan fingerprint density at radius 3 is 3.08 bits per heavy atom. The van der Waals surface area contributed by atoms with E-state index in [4.69, 9.17) is 0 Å². The highest BCUT2D eigenvalue weighted by molar-refractivity contribution is 5.93. The Balaban J connectivity index is 1.57. The second-order valence-electron chi connectivity index (χ2n) is 6.02. The van der Waals surface area contributed by atoms with E-state index in [-0.39, 0.29) is 11.8 Å². The third-order valence-corrected chi connectivity index (χ3v) is 4.54. The van der Waals surface area contributed by atoms with Gasteiger partial charge < -0.3 is 4.90 Å². The summed E-state index contributed by atoms with van der Waals surface area (Å²) in [6, 6.07) is 1.97. The molecule has 4 heterocycles. The van der Waals surface area contributed by atoms with Gasteiger partial charge in [0, 0.05) is 37.9 Å². The molecule has 1 amide bonds. The summed E-state index contributed by atoms with van der Waals surface area (Å²) in [4.78, 5) is 23.0. The van der Waals surface area contributed by atoms with Crippen molar-refractivity contribution in [2.45, 2.75) is 32.2 Å². The molecule has 0 N–H and O–H groups in total. The highest BCUT2D eigenvalue weighted by atomic mass is 16.2. The molecule has 1 aliphatic rings. The van der Waals surface area contributed by atoms with Crippen LogP contribution in [0.25, 0.3) is 5.78 Å². The lowest BCUT2D eigenvalue weighted by Gasteiger charge is -2.32. The fraction of sp³-hybridized carbons (Fsp3) is 0.438. The second kappa shape index (κ2) is 6.03. The molecule has 8 heteroatoms. The lowest BCUT2D eigenvalue weighted by atomic mass is 9.94. The molecule has 0 spiro atoms. The topological polar surface area (TPSA) is 81.2 Å². The molecule has 1 atom stereocenters. The van der Waals surface area contributed by atoms with E-state index in [2.05, 4.69) is 20.2 Å². The monoisotopic (exact) mass is 325 g/mol. The quantitative estimate of drug-likeness (QED) is 0.726. The Labute approximate surface area is 139 Å². The van der Waals surface area contributed by atoms with Gasteiger partial charge in [0.25, 0.3) is 11.7 Å². The number of carbonyl (C=O) groups excluding carboxylic acids is 1. The summed E-state index contributed by atoms with van der Waals surface area (Å²) in [6.07, 6.45) is 8.72. The van der Waals surface area contributed by atoms with Crippen molar-refractivity contribution in [3.05, 3.63) is 42.2 Å². The van der Waals surface area contributed by atoms with Crippen molar-refractivity contribution in [3.8, 4) is 0 Å². The van der Waals surface area contributed by atoms with E-state index in [1.165, 1.54) is 6.33 Å². The van der Waals surface area contributed by atoms with Crippen LogP contribution in [0.2, 0.25) is 0 Å². The van der Waals surface area contributed by atoms with E-state index in [1.807, 2.05) is 24.1 Å². The minimum absolute atomic E-state index is 0.0447. The Kier molecular flexibility index (Phi) is 3.72. The van der Waals surface area contributed by atoms with E-state index in [0.717, 1.165) is 31.6 Å². The molecule has 4 rings (SSSR count). The molecular weight excluding hydrogens is 306 g/mol. The summed E-state index contributed by atoms with van der Waals surface area (Å²) in [6.45, 7) is 4.22. The van der Waals surface area contributed by atoms with E-state index >= 15 is 0 Å². The number of hydrogen-bond acceptors (Lipinski definition) is 5. The summed E-state index contributed by atoms with van der Waals surface area (Å²) in [5.41, 5.74) is 1.71. The largest absolute Gasteiger partial charge is 0.338 e. The number of piperidine rings is 1. The molecule has 1 fully saturated rings. The molecule has 0 aliphatic carbocycles. The number of aromatic nitrogens is 6. The zero-order valence-electron chi connectivity index (χ0n) is 13.5. The van der Waals surface area contributed by atoms with Gasteiger partial charge in [0.2, 0.25) is 0 Å². The summed E-state index contributed by atoms with van der Waals surface area (Å²) in [5, 5.41) is 8.46. The molecule has 8 nitrogen and oxygen atoms in total. The van der Waals surface area contributed by atoms with Crippen molar-refractivity contribution >= 4 is 11.7 Å². The molecule has 0 bridgehead atoms. The maximum atomic E-state index is 12.7. The lowest BCUT2D eigenvalue weighted by molar-refractivity contribution is 0.0705. The van der Waals surface area contributed by atoms with Crippen LogP contribution in [-0.2, 0) is 6.54 Å². The molecular formula is C16H19N7O. The van der Waals surface area contributed by atoms with Gasteiger partial charge in [-0.3, -0.25) is 9.48 Å². The van der Waals surface area contributed by atoms with Gasteiger partial charge in [-0.1, -0.05) is 0 Å². The standard InChI is InChI=1S/C16H19N7O/c1-2-22-10-13(8-19-22)15(24)21-7-3-4-12(9-21)14-5-6-17-16-18-11-20-23(14)16/h5-6,8,10-12H,2-4,7,9H2,1H3. The fourth-order valence-electron chi connectivity index (χ4n) is 3.30. The van der Waals surface area contributed by atoms with E-state index in [0.29, 0.717) is 17.9 Å². The highest BCUT2D eigenvalue weighted by Gasteiger charge is 2.27. The van der Waals surface area contributed by atoms with Gasteiger partial charge in [-0.25, -0.2) is 9.50 Å². The lowest BCUT2D eigenvalue weighted by Crippen LogP contribution is -2.39. The van der Waals surface area contributed by atoms with Crippen LogP contribution in [0.4, 0.5) is 0 Å². The first-order valence-corrected chi connectivity index (χ1v) is 8.22. The van der Waals surface area contributed by atoms with Crippen LogP contribution in [0.3, 0.4) is 0 Å². The summed E-state index contributed by atoms with van der Waals surface area (Å²) < 4.78 is 3.55. The second-order valence-corrected chi connectivity index (χ2v) is 6.02. The fourth-order valence-corrected chi connectivity index (χ4v) is 3.30. The Hall–Kier alpha value is -2.77. The minimum Gasteiger partial charge on any atom is -0.338 e. The Morgan fingerprint density at radius 2 is 2.25 bits per heavy atom. The van der Waals surface area contributed by atoms with Crippen molar-refractivity contribution in [1.82, 2.24) is 34.3 Å². The van der Waals surface area contributed by atoms with Gasteiger partial charge in [0.1, 0.15) is 6.33 Å². The number of carbonyl (C=O) groups is 1. The van der Waals surface area contributed by atoms with Crippen molar-refractivity contribution < 1.29 is 4.79 Å². The van der Waals surface area contributed by atoms with Crippen LogP contribution in [0, 0.1) is 0 Å². The number of amides is 1. The van der Waals surface area contributed by atoms with Crippen LogP contribution < -0.4 is 0 Å². The molecule has 0 radical (unpaired) electrons. The van der Waals surface area contributed by atoms with Crippen molar-refractivity contribution in [1.29, 1.82) is 0 Å². The summed E-state index contributed by atoms with van der Waals surface area (Å²) >= 11 is 0. The molecule has 1 saturated heterocycles. The predicted molar refractivity (Wildman–Crippen MR) is 86.6 cm³/mol. The van der Waals surface area contributed by atoms with E-state index in [9.17, 15) is 4.79 Å². The van der Waals surface area contributed by atoms with Crippen LogP contribution in [-0.4, -0.2) is 53.3 Å². The number of aryl methyl sites for hydroxylation is 1. The highest BCUT2D eigenvalue weighted by Crippen LogP contribution is 2.27. The van der Waals surface area contributed by atoms with Crippen molar-refractivity contribution in [3.63, 3.8) is 0 Å². The average Bonchev–Trinajstić information content (AvgIpc) is 3.29. The van der Waals surface area contributed by atoms with Gasteiger partial charge in [-0.2, -0.15) is 15.2 Å². The molecule has 124 valence electrons. The molecule has 3 aromatic heterocycles. The van der Waals surface area contributed by atoms with Gasteiger partial charge in [-0.15, -0.1) is 0 Å². The Bertz CT molecular complexity index is 868. The number of nitrogens with zero attached hydrogens (tertiary/aromatic N) is 7. The average molecular weight is 325 g/mol. The third kappa shape index (κ3) is 2.53. The van der Waals surface area contributed by atoms with Crippen LogP contribution in [0.1, 0.15) is 41.7 Å². The number of fused-ring (bicyclic) bond motifs is 1. The molecule has 1 aliphatic heterocycles. The maximum absolute atomic E-state index is 12.7. The zero-order chi connectivity index (χ0) is 16.5. The van der Waals surface area contributed by atoms with Gasteiger partial charge in [0.05, 0.1) is 17.5 Å². The first-order chi connectivity index (χ1) is 11.8. The van der Waals surface area contributed by atoms with Crippen molar-refractivity contribution in [2.75, 3.05) is 13.1 Å². The first kappa shape index (κ1) is 14.8. The van der Waals surface area contributed by atoms with E-state index < -0.39 is 0 Å². The molecule has 1 unspecified atom stereocenters. The number of hydrogen-bond donors (Lipinski definition) is 0. The number of likely N-dealkylation sites (tertiary alicyclic amines) is 1. The molecule has 0 saturated carbocycles. The Morgan fingerprint density at radius 1 is 1.33 bits per heavy atom. The van der Waals surface area contributed by atoms with Crippen LogP contribution in [0.15, 0.2) is 31.0 Å². The molecule has 24 heavy (non-hydrogen) atoms. The van der Waals surface area contributed by atoms with Crippen LogP contribution in [0.5, 0.6) is 0 Å². The normalized spacial score (nSPS) is 18.2. The van der Waals surface area contributed by atoms with E-state index in [1.54, 1.807) is 21.6 Å². The minimum atomic E-state index is 0.0447. The van der Waals surface area contributed by atoms with Crippen molar-refractivity contribution in [2.24, 2.45) is 0 Å². The van der Waals surface area contributed by atoms with Gasteiger partial charge in [0.15, 0.2) is 0 Å². The summed E-state index contributed by atoms with van der Waals surface area (Å²) in [5.74, 6) is 0.875. The van der Waals surface area contributed by atoms with Crippen LogP contribution >= 0.6 is 0 Å². The number of rotatable bonds is 3. The predicted octanol–water partition coefficient (Wildman–Crippen LogP) is 1.36. The molecule has 3 aromatic rings. The first-order valence-electron chi connectivity index (χ1n) is 8.22. The third-order valence-electron chi connectivity index (χ3n) is 4.54. The SMILES string of the molecule is CCn1cc(C(=O)N2CCCC(c3ccnc4ncnn34)C2)cn1. The summed E-state index contributed by atoms with van der Waals surface area (Å²) in [7, 11) is 0. The maximum Gasteiger partial charge on any atom is 0.257 e. The zero-order valence-corrected chi connectivity index (χ0v) is 13.5. The smallest absolute Gasteiger partial charge is 0.257 e.